The Labute approximate surface area is 154 Å². The summed E-state index contributed by atoms with van der Waals surface area (Å²) in [6.07, 6.45) is 1.08. The Morgan fingerprint density at radius 3 is 2.74 bits per heavy atom. The molecule has 10 nitrogen and oxygen atoms in total. The number of aromatic nitrogens is 1. The number of carbonyl (C=O) groups is 2. The summed E-state index contributed by atoms with van der Waals surface area (Å²) in [7, 11) is 0. The van der Waals surface area contributed by atoms with Crippen molar-refractivity contribution in [2.75, 3.05) is 6.61 Å². The molecule has 1 aromatic heterocycles. The number of phenols is 1. The fraction of sp³-hybridized carbons (Fsp3) is 0.235. The molecule has 0 aliphatic rings. The molecule has 0 aliphatic heterocycles. The number of esters is 1. The van der Waals surface area contributed by atoms with Crippen LogP contribution in [0.2, 0.25) is 0 Å². The van der Waals surface area contributed by atoms with Crippen LogP contribution in [0.3, 0.4) is 0 Å². The smallest absolute Gasteiger partial charge is 0.340 e. The van der Waals surface area contributed by atoms with E-state index in [1.807, 2.05) is 0 Å². The van der Waals surface area contributed by atoms with E-state index in [9.17, 15) is 24.8 Å². The van der Waals surface area contributed by atoms with Crippen LogP contribution in [0.5, 0.6) is 5.75 Å². The molecule has 2 rings (SSSR count). The second kappa shape index (κ2) is 8.13. The van der Waals surface area contributed by atoms with E-state index < -0.39 is 16.8 Å². The Morgan fingerprint density at radius 1 is 1.41 bits per heavy atom. The molecule has 2 aromatic rings. The fourth-order valence-corrected chi connectivity index (χ4v) is 2.46. The van der Waals surface area contributed by atoms with E-state index in [1.54, 1.807) is 20.8 Å². The highest BCUT2D eigenvalue weighted by atomic mass is 16.6. The first-order valence-corrected chi connectivity index (χ1v) is 7.93. The number of hydrazone groups is 1. The Morgan fingerprint density at radius 2 is 2.11 bits per heavy atom. The van der Waals surface area contributed by atoms with Crippen molar-refractivity contribution >= 4 is 23.8 Å². The second-order valence-corrected chi connectivity index (χ2v) is 5.54. The lowest BCUT2D eigenvalue weighted by molar-refractivity contribution is -0.384. The zero-order chi connectivity index (χ0) is 20.1. The number of aromatic hydroxyl groups is 1. The SMILES string of the molecule is CCOC(=O)c1c(C)[nH]c(C(=O)N/N=C/c2cc([N+](=O)[O-])ccc2O)c1C. The average molecular weight is 374 g/mol. The second-order valence-electron chi connectivity index (χ2n) is 5.54. The van der Waals surface area contributed by atoms with Gasteiger partial charge in [-0.2, -0.15) is 5.10 Å². The van der Waals surface area contributed by atoms with Crippen LogP contribution in [0.1, 0.15) is 44.6 Å². The molecule has 0 radical (unpaired) electrons. The van der Waals surface area contributed by atoms with Gasteiger partial charge in [-0.25, -0.2) is 10.2 Å². The number of carbonyl (C=O) groups excluding carboxylic acids is 2. The van der Waals surface area contributed by atoms with Gasteiger partial charge in [0.2, 0.25) is 0 Å². The minimum Gasteiger partial charge on any atom is -0.507 e. The lowest BCUT2D eigenvalue weighted by Gasteiger charge is -2.02. The quantitative estimate of drug-likeness (QED) is 0.306. The fourth-order valence-electron chi connectivity index (χ4n) is 2.46. The number of aryl methyl sites for hydroxylation is 1. The molecule has 1 heterocycles. The number of nitro groups is 1. The molecule has 0 unspecified atom stereocenters. The molecule has 1 aromatic carbocycles. The van der Waals surface area contributed by atoms with Crippen LogP contribution in [0.4, 0.5) is 5.69 Å². The third-order valence-electron chi connectivity index (χ3n) is 3.74. The first-order chi connectivity index (χ1) is 12.8. The van der Waals surface area contributed by atoms with Crippen molar-refractivity contribution in [1.29, 1.82) is 0 Å². The van der Waals surface area contributed by atoms with Gasteiger partial charge in [0.1, 0.15) is 11.4 Å². The molecule has 0 atom stereocenters. The van der Waals surface area contributed by atoms with Gasteiger partial charge in [-0.3, -0.25) is 14.9 Å². The molecule has 0 fully saturated rings. The Kier molecular flexibility index (Phi) is 5.91. The molecular formula is C17H18N4O6. The molecule has 1 amide bonds. The van der Waals surface area contributed by atoms with Crippen LogP contribution in [0.15, 0.2) is 23.3 Å². The van der Waals surface area contributed by atoms with Crippen LogP contribution in [0, 0.1) is 24.0 Å². The summed E-state index contributed by atoms with van der Waals surface area (Å²) in [5.74, 6) is -1.38. The maximum Gasteiger partial charge on any atom is 0.340 e. The lowest BCUT2D eigenvalue weighted by atomic mass is 10.1. The van der Waals surface area contributed by atoms with E-state index in [0.717, 1.165) is 24.4 Å². The minimum absolute atomic E-state index is 0.0658. The number of benzene rings is 1. The van der Waals surface area contributed by atoms with Crippen LogP contribution in [-0.4, -0.2) is 39.7 Å². The summed E-state index contributed by atoms with van der Waals surface area (Å²) in [5, 5.41) is 24.2. The number of phenolic OH excluding ortho intramolecular Hbond substituents is 1. The maximum absolute atomic E-state index is 12.3. The molecule has 0 spiro atoms. The number of rotatable bonds is 6. The number of H-pyrrole nitrogens is 1. The predicted octanol–water partition coefficient (Wildman–Crippen LogP) is 2.19. The van der Waals surface area contributed by atoms with E-state index >= 15 is 0 Å². The number of nitrogens with one attached hydrogen (secondary N) is 2. The van der Waals surface area contributed by atoms with Gasteiger partial charge in [-0.05, 0) is 32.4 Å². The zero-order valence-corrected chi connectivity index (χ0v) is 14.9. The molecule has 0 bridgehead atoms. The highest BCUT2D eigenvalue weighted by Crippen LogP contribution is 2.21. The molecule has 0 saturated heterocycles. The number of amides is 1. The minimum atomic E-state index is -0.618. The number of hydrogen-bond acceptors (Lipinski definition) is 7. The number of ether oxygens (including phenoxy) is 1. The van der Waals surface area contributed by atoms with Gasteiger partial charge < -0.3 is 14.8 Å². The van der Waals surface area contributed by atoms with Crippen molar-refractivity contribution in [2.24, 2.45) is 5.10 Å². The standard InChI is InChI=1S/C17H18N4O6/c1-4-27-17(24)14-9(2)15(19-10(14)3)16(23)20-18-8-11-7-12(21(25)26)5-6-13(11)22/h5-8,19,22H,4H2,1-3H3,(H,20,23)/b18-8+. The van der Waals surface area contributed by atoms with Gasteiger partial charge >= 0.3 is 5.97 Å². The largest absolute Gasteiger partial charge is 0.507 e. The number of nitro benzene ring substituents is 1. The third kappa shape index (κ3) is 4.29. The van der Waals surface area contributed by atoms with Crippen LogP contribution in [-0.2, 0) is 4.74 Å². The topological polar surface area (TPSA) is 147 Å². The van der Waals surface area contributed by atoms with Crippen molar-refractivity contribution in [3.8, 4) is 5.75 Å². The Balaban J connectivity index is 2.18. The summed E-state index contributed by atoms with van der Waals surface area (Å²) < 4.78 is 4.96. The van der Waals surface area contributed by atoms with Crippen LogP contribution in [0.25, 0.3) is 0 Å². The molecular weight excluding hydrogens is 356 g/mol. The normalized spacial score (nSPS) is 10.8. The number of nitrogens with zero attached hydrogens (tertiary/aromatic N) is 2. The molecule has 3 N–H and O–H groups in total. The summed E-state index contributed by atoms with van der Waals surface area (Å²) in [5.41, 5.74) is 3.39. The van der Waals surface area contributed by atoms with E-state index in [2.05, 4.69) is 15.5 Å². The Hall–Kier alpha value is -3.69. The van der Waals surface area contributed by atoms with E-state index in [-0.39, 0.29) is 34.9 Å². The highest BCUT2D eigenvalue weighted by Gasteiger charge is 2.22. The summed E-state index contributed by atoms with van der Waals surface area (Å²) in [6, 6.07) is 3.42. The van der Waals surface area contributed by atoms with Gasteiger partial charge in [-0.15, -0.1) is 0 Å². The summed E-state index contributed by atoms with van der Waals surface area (Å²) in [4.78, 5) is 37.2. The molecule has 0 saturated carbocycles. The van der Waals surface area contributed by atoms with E-state index in [0.29, 0.717) is 11.3 Å². The molecule has 142 valence electrons. The van der Waals surface area contributed by atoms with E-state index in [1.165, 1.54) is 0 Å². The third-order valence-corrected chi connectivity index (χ3v) is 3.74. The van der Waals surface area contributed by atoms with Crippen LogP contribution >= 0.6 is 0 Å². The number of aromatic amines is 1. The van der Waals surface area contributed by atoms with Gasteiger partial charge in [-0.1, -0.05) is 0 Å². The van der Waals surface area contributed by atoms with Crippen molar-refractivity contribution in [1.82, 2.24) is 10.4 Å². The summed E-state index contributed by atoms with van der Waals surface area (Å²) in [6.45, 7) is 5.13. The van der Waals surface area contributed by atoms with Crippen molar-refractivity contribution in [2.45, 2.75) is 20.8 Å². The first kappa shape index (κ1) is 19.6. The van der Waals surface area contributed by atoms with Gasteiger partial charge in [0.15, 0.2) is 0 Å². The monoisotopic (exact) mass is 374 g/mol. The van der Waals surface area contributed by atoms with Crippen LogP contribution < -0.4 is 5.43 Å². The van der Waals surface area contributed by atoms with Crippen molar-refractivity contribution in [3.05, 3.63) is 56.4 Å². The van der Waals surface area contributed by atoms with Crippen molar-refractivity contribution < 1.29 is 24.4 Å². The number of non-ortho nitro benzene ring substituents is 1. The van der Waals surface area contributed by atoms with Gasteiger partial charge in [0, 0.05) is 23.4 Å². The maximum atomic E-state index is 12.3. The highest BCUT2D eigenvalue weighted by molar-refractivity contribution is 6.00. The predicted molar refractivity (Wildman–Crippen MR) is 96.0 cm³/mol. The number of hydrogen-bond donors (Lipinski definition) is 3. The van der Waals surface area contributed by atoms with E-state index in [4.69, 9.17) is 4.74 Å². The van der Waals surface area contributed by atoms with Gasteiger partial charge in [0.05, 0.1) is 23.3 Å². The zero-order valence-electron chi connectivity index (χ0n) is 14.9. The Bertz CT molecular complexity index is 932. The first-order valence-electron chi connectivity index (χ1n) is 7.93. The van der Waals surface area contributed by atoms with Gasteiger partial charge in [0.25, 0.3) is 11.6 Å². The summed E-state index contributed by atoms with van der Waals surface area (Å²) >= 11 is 0. The average Bonchev–Trinajstić information content (AvgIpc) is 2.91. The molecule has 0 aliphatic carbocycles. The lowest BCUT2D eigenvalue weighted by Crippen LogP contribution is -2.19. The van der Waals surface area contributed by atoms with Crippen molar-refractivity contribution in [3.63, 3.8) is 0 Å². The molecule has 10 heteroatoms. The molecule has 27 heavy (non-hydrogen) atoms.